The molecule has 0 aromatic rings. The molecule has 2 fully saturated rings. The van der Waals surface area contributed by atoms with Crippen molar-refractivity contribution in [2.45, 2.75) is 45.1 Å². The summed E-state index contributed by atoms with van der Waals surface area (Å²) in [4.78, 5) is 7.46. The van der Waals surface area contributed by atoms with Crippen LogP contribution in [0.1, 0.15) is 39.0 Å². The summed E-state index contributed by atoms with van der Waals surface area (Å²) >= 11 is 1.93. The molecule has 2 N–H and O–H groups in total. The van der Waals surface area contributed by atoms with Gasteiger partial charge < -0.3 is 15.5 Å². The largest absolute Gasteiger partial charge is 0.357 e. The number of hydrogen-bond acceptors (Lipinski definition) is 3. The second kappa shape index (κ2) is 11.8. The van der Waals surface area contributed by atoms with Gasteiger partial charge in [-0.1, -0.05) is 0 Å². The molecule has 1 atom stereocenters. The van der Waals surface area contributed by atoms with Crippen LogP contribution in [0.25, 0.3) is 0 Å². The lowest BCUT2D eigenvalue weighted by molar-refractivity contribution is 0.315. The molecule has 0 bridgehead atoms. The molecular formula is C16H33IN4S. The van der Waals surface area contributed by atoms with E-state index in [9.17, 15) is 0 Å². The van der Waals surface area contributed by atoms with E-state index in [2.05, 4.69) is 28.7 Å². The molecule has 4 nitrogen and oxygen atoms in total. The Labute approximate surface area is 157 Å². The average Bonchev–Trinajstić information content (AvgIpc) is 3.23. The van der Waals surface area contributed by atoms with Gasteiger partial charge in [0.25, 0.3) is 0 Å². The molecule has 0 amide bonds. The Bertz CT molecular complexity index is 323. The van der Waals surface area contributed by atoms with Gasteiger partial charge in [0, 0.05) is 32.2 Å². The molecule has 2 aliphatic rings. The van der Waals surface area contributed by atoms with Gasteiger partial charge in [-0.2, -0.15) is 11.8 Å². The van der Waals surface area contributed by atoms with E-state index < -0.39 is 0 Å². The van der Waals surface area contributed by atoms with Crippen LogP contribution in [-0.4, -0.2) is 61.6 Å². The first-order valence-corrected chi connectivity index (χ1v) is 9.98. The molecule has 0 radical (unpaired) electrons. The lowest BCUT2D eigenvalue weighted by Crippen LogP contribution is -2.38. The van der Waals surface area contributed by atoms with E-state index in [1.54, 1.807) is 0 Å². The Hall–Kier alpha value is 0.310. The monoisotopic (exact) mass is 440 g/mol. The maximum absolute atomic E-state index is 4.79. The third kappa shape index (κ3) is 7.73. The van der Waals surface area contributed by atoms with Crippen LogP contribution in [-0.2, 0) is 0 Å². The van der Waals surface area contributed by atoms with Crippen LogP contribution in [0.4, 0.5) is 0 Å². The van der Waals surface area contributed by atoms with Crippen LogP contribution >= 0.6 is 35.7 Å². The number of thioether (sulfide) groups is 1. The van der Waals surface area contributed by atoms with Crippen molar-refractivity contribution in [1.82, 2.24) is 15.5 Å². The van der Waals surface area contributed by atoms with Crippen molar-refractivity contribution in [2.24, 2.45) is 10.9 Å². The van der Waals surface area contributed by atoms with Gasteiger partial charge in [0.2, 0.25) is 0 Å². The summed E-state index contributed by atoms with van der Waals surface area (Å²) in [6, 6.07) is 0.918. The van der Waals surface area contributed by atoms with Gasteiger partial charge in [0.15, 0.2) is 5.96 Å². The van der Waals surface area contributed by atoms with Gasteiger partial charge in [-0.15, -0.1) is 24.0 Å². The highest BCUT2D eigenvalue weighted by Gasteiger charge is 2.34. The van der Waals surface area contributed by atoms with Crippen molar-refractivity contribution in [3.63, 3.8) is 0 Å². The molecule has 0 spiro atoms. The van der Waals surface area contributed by atoms with Crippen molar-refractivity contribution in [1.29, 1.82) is 0 Å². The fourth-order valence-electron chi connectivity index (χ4n) is 2.92. The van der Waals surface area contributed by atoms with Gasteiger partial charge in [0.05, 0.1) is 0 Å². The van der Waals surface area contributed by atoms with Crippen LogP contribution in [0.15, 0.2) is 4.99 Å². The summed E-state index contributed by atoms with van der Waals surface area (Å²) in [7, 11) is 0. The molecule has 0 aromatic heterocycles. The van der Waals surface area contributed by atoms with Crippen molar-refractivity contribution in [3.8, 4) is 0 Å². The van der Waals surface area contributed by atoms with Gasteiger partial charge >= 0.3 is 0 Å². The lowest BCUT2D eigenvalue weighted by Gasteiger charge is -2.15. The van der Waals surface area contributed by atoms with Crippen LogP contribution in [0.3, 0.4) is 0 Å². The zero-order valence-electron chi connectivity index (χ0n) is 14.1. The van der Waals surface area contributed by atoms with Crippen molar-refractivity contribution >= 4 is 41.7 Å². The van der Waals surface area contributed by atoms with E-state index >= 15 is 0 Å². The highest BCUT2D eigenvalue weighted by molar-refractivity contribution is 14.0. The Morgan fingerprint density at radius 2 is 2.05 bits per heavy atom. The maximum atomic E-state index is 4.79. The van der Waals surface area contributed by atoms with E-state index in [1.807, 2.05) is 11.8 Å². The third-order valence-corrected chi connectivity index (χ3v) is 5.00. The molecular weight excluding hydrogens is 407 g/mol. The number of nitrogens with one attached hydrogen (secondary N) is 2. The van der Waals surface area contributed by atoms with Crippen LogP contribution in [0.2, 0.25) is 0 Å². The summed E-state index contributed by atoms with van der Waals surface area (Å²) in [5.41, 5.74) is 0. The van der Waals surface area contributed by atoms with Crippen molar-refractivity contribution < 1.29 is 0 Å². The minimum absolute atomic E-state index is 0. The quantitative estimate of drug-likeness (QED) is 0.250. The number of halogens is 1. The fraction of sp³-hybridized carbons (Fsp3) is 0.938. The van der Waals surface area contributed by atoms with E-state index in [-0.39, 0.29) is 24.0 Å². The lowest BCUT2D eigenvalue weighted by atomic mass is 10.1. The van der Waals surface area contributed by atoms with Crippen molar-refractivity contribution in [3.05, 3.63) is 0 Å². The molecule has 2 rings (SSSR count). The topological polar surface area (TPSA) is 39.7 Å². The zero-order valence-corrected chi connectivity index (χ0v) is 17.3. The molecule has 0 aromatic carbocycles. The normalized spacial score (nSPS) is 22.5. The Morgan fingerprint density at radius 1 is 1.23 bits per heavy atom. The first-order chi connectivity index (χ1) is 10.3. The predicted molar refractivity (Wildman–Crippen MR) is 110 cm³/mol. The molecule has 1 aliphatic heterocycles. The number of nitrogens with zero attached hydrogens (tertiary/aromatic N) is 2. The molecule has 1 heterocycles. The molecule has 1 unspecified atom stereocenters. The Balaban J connectivity index is 0.00000242. The Kier molecular flexibility index (Phi) is 10.9. The Morgan fingerprint density at radius 3 is 2.73 bits per heavy atom. The first kappa shape index (κ1) is 20.4. The second-order valence-corrected chi connectivity index (χ2v) is 7.21. The second-order valence-electron chi connectivity index (χ2n) is 6.23. The van der Waals surface area contributed by atoms with Crippen LogP contribution < -0.4 is 10.6 Å². The SMILES string of the molecule is CCNC(=NCC1CCN(C2CC2)C1)NCCCCSC.I. The summed E-state index contributed by atoms with van der Waals surface area (Å²) in [5, 5.41) is 6.83. The number of rotatable bonds is 9. The van der Waals surface area contributed by atoms with E-state index in [0.717, 1.165) is 37.6 Å². The number of likely N-dealkylation sites (tertiary alicyclic amines) is 1. The standard InChI is InChI=1S/C16H32N4S.HI/c1-3-17-16(18-9-4-5-11-21-2)19-12-14-8-10-20(13-14)15-6-7-15;/h14-15H,3-13H2,1-2H3,(H2,17,18,19);1H. The van der Waals surface area contributed by atoms with Gasteiger partial charge in [-0.3, -0.25) is 4.99 Å². The highest BCUT2D eigenvalue weighted by atomic mass is 127. The minimum Gasteiger partial charge on any atom is -0.357 e. The summed E-state index contributed by atoms with van der Waals surface area (Å²) in [6.45, 7) is 7.64. The minimum atomic E-state index is 0. The van der Waals surface area contributed by atoms with E-state index in [4.69, 9.17) is 4.99 Å². The van der Waals surface area contributed by atoms with Gasteiger partial charge in [-0.05, 0) is 63.5 Å². The first-order valence-electron chi connectivity index (χ1n) is 8.58. The zero-order chi connectivity index (χ0) is 14.9. The number of hydrogen-bond donors (Lipinski definition) is 2. The van der Waals surface area contributed by atoms with E-state index in [1.165, 1.54) is 50.9 Å². The summed E-state index contributed by atoms with van der Waals surface area (Å²) in [5.74, 6) is 3.03. The maximum Gasteiger partial charge on any atom is 0.191 e. The fourth-order valence-corrected chi connectivity index (χ4v) is 3.42. The summed E-state index contributed by atoms with van der Waals surface area (Å²) in [6.07, 6.45) is 8.86. The highest BCUT2D eigenvalue weighted by Crippen LogP contribution is 2.31. The smallest absolute Gasteiger partial charge is 0.191 e. The molecule has 1 saturated carbocycles. The van der Waals surface area contributed by atoms with Gasteiger partial charge in [-0.25, -0.2) is 0 Å². The third-order valence-electron chi connectivity index (χ3n) is 4.30. The molecule has 1 aliphatic carbocycles. The average molecular weight is 440 g/mol. The summed E-state index contributed by atoms with van der Waals surface area (Å²) < 4.78 is 0. The van der Waals surface area contributed by atoms with E-state index in [0.29, 0.717) is 0 Å². The van der Waals surface area contributed by atoms with Gasteiger partial charge in [0.1, 0.15) is 0 Å². The molecule has 1 saturated heterocycles. The van der Waals surface area contributed by atoms with Crippen LogP contribution in [0, 0.1) is 5.92 Å². The number of unbranched alkanes of at least 4 members (excludes halogenated alkanes) is 1. The van der Waals surface area contributed by atoms with Crippen molar-refractivity contribution in [2.75, 3.05) is 44.7 Å². The number of aliphatic imine (C=N–C) groups is 1. The predicted octanol–water partition coefficient (Wildman–Crippen LogP) is 2.79. The molecule has 130 valence electrons. The van der Waals surface area contributed by atoms with Crippen LogP contribution in [0.5, 0.6) is 0 Å². The molecule has 22 heavy (non-hydrogen) atoms. The number of guanidine groups is 1. The molecule has 6 heteroatoms.